The van der Waals surface area contributed by atoms with Crippen LogP contribution in [0, 0.1) is 0 Å². The molecular weight excluding hydrogens is 330 g/mol. The lowest BCUT2D eigenvalue weighted by molar-refractivity contribution is -0.138. The molecule has 24 heavy (non-hydrogen) atoms. The van der Waals surface area contributed by atoms with Gasteiger partial charge in [0.25, 0.3) is 0 Å². The molecule has 9 heteroatoms. The Morgan fingerprint density at radius 1 is 1.42 bits per heavy atom. The van der Waals surface area contributed by atoms with Crippen LogP contribution in [0.4, 0.5) is 0 Å². The largest absolute Gasteiger partial charge is 0.481 e. The van der Waals surface area contributed by atoms with Crippen LogP contribution in [0.2, 0.25) is 0 Å². The lowest BCUT2D eigenvalue weighted by Crippen LogP contribution is -2.26. The Balaban J connectivity index is 1.74. The van der Waals surface area contributed by atoms with E-state index in [4.69, 9.17) is 5.11 Å². The average Bonchev–Trinajstić information content (AvgIpc) is 3.18. The van der Waals surface area contributed by atoms with E-state index in [1.165, 1.54) is 0 Å². The number of carbonyl (C=O) groups is 2. The molecule has 1 aliphatic heterocycles. The summed E-state index contributed by atoms with van der Waals surface area (Å²) >= 11 is 1.06. The van der Waals surface area contributed by atoms with Crippen LogP contribution in [-0.4, -0.2) is 43.4 Å². The van der Waals surface area contributed by atoms with Crippen molar-refractivity contribution >= 4 is 35.0 Å². The third-order valence-electron chi connectivity index (χ3n) is 3.17. The minimum Gasteiger partial charge on any atom is -0.481 e. The zero-order valence-corrected chi connectivity index (χ0v) is 13.2. The maximum Gasteiger partial charge on any atom is 0.305 e. The number of amides is 1. The number of amidine groups is 1. The van der Waals surface area contributed by atoms with Gasteiger partial charge >= 0.3 is 5.97 Å². The first-order valence-corrected chi connectivity index (χ1v) is 7.91. The van der Waals surface area contributed by atoms with E-state index in [1.54, 1.807) is 17.1 Å². The third kappa shape index (κ3) is 3.69. The van der Waals surface area contributed by atoms with Crippen LogP contribution in [0.5, 0.6) is 0 Å². The normalized spacial score (nSPS) is 19.1. The molecule has 122 valence electrons. The number of thioether (sulfide) groups is 1. The second-order valence-electron chi connectivity index (χ2n) is 4.85. The Kier molecular flexibility index (Phi) is 4.71. The van der Waals surface area contributed by atoms with E-state index in [0.717, 1.165) is 23.0 Å². The van der Waals surface area contributed by atoms with Crippen molar-refractivity contribution in [3.8, 4) is 5.69 Å². The van der Waals surface area contributed by atoms with Gasteiger partial charge in [-0.25, -0.2) is 4.68 Å². The lowest BCUT2D eigenvalue weighted by atomic mass is 10.2. The summed E-state index contributed by atoms with van der Waals surface area (Å²) in [6.07, 6.45) is 4.81. The number of rotatable bonds is 5. The molecule has 1 fully saturated rings. The molecule has 3 rings (SSSR count). The molecule has 1 aliphatic rings. The van der Waals surface area contributed by atoms with Gasteiger partial charge in [-0.1, -0.05) is 30.0 Å². The van der Waals surface area contributed by atoms with Gasteiger partial charge in [0.15, 0.2) is 5.17 Å². The maximum absolute atomic E-state index is 11.6. The molecule has 0 radical (unpaired) electrons. The van der Waals surface area contributed by atoms with Crippen molar-refractivity contribution in [3.05, 3.63) is 48.3 Å². The van der Waals surface area contributed by atoms with Gasteiger partial charge in [-0.2, -0.15) is 10.2 Å². The van der Waals surface area contributed by atoms with E-state index in [2.05, 4.69) is 20.6 Å². The minimum atomic E-state index is -1.03. The van der Waals surface area contributed by atoms with Gasteiger partial charge in [0.05, 0.1) is 18.3 Å². The van der Waals surface area contributed by atoms with E-state index in [0.29, 0.717) is 5.17 Å². The summed E-state index contributed by atoms with van der Waals surface area (Å²) in [5, 5.41) is 23.0. The number of carboxylic acids is 1. The first kappa shape index (κ1) is 15.9. The molecule has 1 aromatic carbocycles. The molecular formula is C15H13N5O3S. The van der Waals surface area contributed by atoms with Crippen molar-refractivity contribution in [2.45, 2.75) is 11.7 Å². The SMILES string of the molecule is O=C(O)CC1SC(=NN=Cc2ccccc2-n2cccn2)NC1=O. The van der Waals surface area contributed by atoms with Crippen molar-refractivity contribution in [2.24, 2.45) is 10.2 Å². The number of benzene rings is 1. The molecule has 8 nitrogen and oxygen atoms in total. The first-order chi connectivity index (χ1) is 11.6. The van der Waals surface area contributed by atoms with Crippen LogP contribution in [0.1, 0.15) is 12.0 Å². The van der Waals surface area contributed by atoms with Crippen molar-refractivity contribution < 1.29 is 14.7 Å². The zero-order valence-electron chi connectivity index (χ0n) is 12.4. The molecule has 1 aromatic heterocycles. The Bertz CT molecular complexity index is 816. The predicted molar refractivity (Wildman–Crippen MR) is 90.4 cm³/mol. The molecule has 2 N–H and O–H groups in total. The van der Waals surface area contributed by atoms with Crippen molar-refractivity contribution in [1.29, 1.82) is 0 Å². The Labute approximate surface area is 141 Å². The van der Waals surface area contributed by atoms with Gasteiger partial charge in [-0.05, 0) is 12.1 Å². The molecule has 1 unspecified atom stereocenters. The quantitative estimate of drug-likeness (QED) is 0.628. The summed E-state index contributed by atoms with van der Waals surface area (Å²) in [4.78, 5) is 22.3. The number of carboxylic acid groups (broad SMARTS) is 1. The highest BCUT2D eigenvalue weighted by atomic mass is 32.2. The third-order valence-corrected chi connectivity index (χ3v) is 4.24. The van der Waals surface area contributed by atoms with Crippen molar-refractivity contribution in [3.63, 3.8) is 0 Å². The second-order valence-corrected chi connectivity index (χ2v) is 6.04. The fourth-order valence-electron chi connectivity index (χ4n) is 2.11. The smallest absolute Gasteiger partial charge is 0.305 e. The fourth-order valence-corrected chi connectivity index (χ4v) is 3.02. The number of para-hydroxylation sites is 1. The molecule has 1 saturated heterocycles. The predicted octanol–water partition coefficient (Wildman–Crippen LogP) is 1.27. The van der Waals surface area contributed by atoms with Gasteiger partial charge in [-0.3, -0.25) is 9.59 Å². The van der Waals surface area contributed by atoms with E-state index in [1.807, 2.05) is 36.5 Å². The molecule has 0 aliphatic carbocycles. The highest BCUT2D eigenvalue weighted by Crippen LogP contribution is 2.22. The molecule has 1 amide bonds. The summed E-state index contributed by atoms with van der Waals surface area (Å²) < 4.78 is 1.71. The van der Waals surface area contributed by atoms with Crippen LogP contribution in [0.15, 0.2) is 52.9 Å². The van der Waals surface area contributed by atoms with Crippen LogP contribution in [0.3, 0.4) is 0 Å². The Hall–Kier alpha value is -2.94. The fraction of sp³-hybridized carbons (Fsp3) is 0.133. The highest BCUT2D eigenvalue weighted by Gasteiger charge is 2.32. The second kappa shape index (κ2) is 7.09. The van der Waals surface area contributed by atoms with Crippen LogP contribution >= 0.6 is 11.8 Å². The van der Waals surface area contributed by atoms with Crippen molar-refractivity contribution in [1.82, 2.24) is 15.1 Å². The lowest BCUT2D eigenvalue weighted by Gasteiger charge is -2.04. The molecule has 0 spiro atoms. The number of nitrogens with one attached hydrogen (secondary N) is 1. The van der Waals surface area contributed by atoms with Gasteiger partial charge < -0.3 is 10.4 Å². The minimum absolute atomic E-state index is 0.249. The molecule has 0 bridgehead atoms. The number of aliphatic carboxylic acids is 1. The van der Waals surface area contributed by atoms with E-state index in [-0.39, 0.29) is 12.3 Å². The average molecular weight is 343 g/mol. The zero-order chi connectivity index (χ0) is 16.9. The van der Waals surface area contributed by atoms with Crippen LogP contribution in [0.25, 0.3) is 5.69 Å². The van der Waals surface area contributed by atoms with E-state index >= 15 is 0 Å². The van der Waals surface area contributed by atoms with Gasteiger partial charge in [-0.15, -0.1) is 5.10 Å². The Morgan fingerprint density at radius 3 is 3.00 bits per heavy atom. The van der Waals surface area contributed by atoms with E-state index in [9.17, 15) is 9.59 Å². The van der Waals surface area contributed by atoms with Crippen molar-refractivity contribution in [2.75, 3.05) is 0 Å². The summed E-state index contributed by atoms with van der Waals surface area (Å²) in [7, 11) is 0. The summed E-state index contributed by atoms with van der Waals surface area (Å²) in [6.45, 7) is 0. The van der Waals surface area contributed by atoms with Gasteiger partial charge in [0.2, 0.25) is 5.91 Å². The molecule has 0 saturated carbocycles. The highest BCUT2D eigenvalue weighted by molar-refractivity contribution is 8.15. The maximum atomic E-state index is 11.6. The molecule has 2 heterocycles. The summed E-state index contributed by atoms with van der Waals surface area (Å²) in [5.41, 5.74) is 1.65. The van der Waals surface area contributed by atoms with Crippen LogP contribution in [-0.2, 0) is 9.59 Å². The number of nitrogens with zero attached hydrogens (tertiary/aromatic N) is 4. The Morgan fingerprint density at radius 2 is 2.25 bits per heavy atom. The monoisotopic (exact) mass is 343 g/mol. The van der Waals surface area contributed by atoms with E-state index < -0.39 is 11.2 Å². The number of aromatic nitrogens is 2. The van der Waals surface area contributed by atoms with Crippen LogP contribution < -0.4 is 5.32 Å². The first-order valence-electron chi connectivity index (χ1n) is 7.03. The summed E-state index contributed by atoms with van der Waals surface area (Å²) in [6, 6.07) is 9.35. The summed E-state index contributed by atoms with van der Waals surface area (Å²) in [5.74, 6) is -1.39. The number of hydrogen-bond donors (Lipinski definition) is 2. The van der Waals surface area contributed by atoms with Gasteiger partial charge in [0.1, 0.15) is 5.25 Å². The topological polar surface area (TPSA) is 109 Å². The standard InChI is InChI=1S/C15H13N5O3S/c21-13(22)8-12-14(23)18-15(24-12)19-16-9-10-4-1-2-5-11(10)20-7-3-6-17-20/h1-7,9,12H,8H2,(H,21,22)(H,18,19,23). The molecule has 1 atom stereocenters. The van der Waals surface area contributed by atoms with Gasteiger partial charge in [0, 0.05) is 18.0 Å². The number of hydrogen-bond acceptors (Lipinski definition) is 6. The molecule has 2 aromatic rings. The number of carbonyl (C=O) groups excluding carboxylic acids is 1.